The van der Waals surface area contributed by atoms with Crippen molar-refractivity contribution in [3.8, 4) is 0 Å². The number of carboxylic acid groups (broad SMARTS) is 3. The molecule has 1 aliphatic rings. The number of carboxylic acids is 3. The van der Waals surface area contributed by atoms with E-state index in [0.717, 1.165) is 0 Å². The van der Waals surface area contributed by atoms with Gasteiger partial charge >= 0.3 is 17.9 Å². The SMILES string of the molecule is Cl.Cl.Cl.Cl.O=C(O)C1CCC1(C(=O)O)C(=O)O. The molecule has 0 aromatic rings. The highest BCUT2D eigenvalue weighted by atomic mass is 35.5. The van der Waals surface area contributed by atoms with Crippen LogP contribution in [0.2, 0.25) is 0 Å². The zero-order valence-corrected chi connectivity index (χ0v) is 11.5. The molecule has 1 unspecified atom stereocenters. The topological polar surface area (TPSA) is 112 Å². The zero-order valence-electron chi connectivity index (χ0n) is 8.19. The lowest BCUT2D eigenvalue weighted by atomic mass is 9.60. The number of rotatable bonds is 3. The van der Waals surface area contributed by atoms with Crippen LogP contribution in [0.4, 0.5) is 0 Å². The van der Waals surface area contributed by atoms with Crippen molar-refractivity contribution < 1.29 is 29.7 Å². The molecule has 10 heteroatoms. The largest absolute Gasteiger partial charge is 0.481 e. The maximum atomic E-state index is 10.6. The summed E-state index contributed by atoms with van der Waals surface area (Å²) in [6.45, 7) is 0. The Balaban J connectivity index is -0.000000211. The fourth-order valence-electron chi connectivity index (χ4n) is 1.52. The molecule has 17 heavy (non-hydrogen) atoms. The van der Waals surface area contributed by atoms with Gasteiger partial charge in [0.25, 0.3) is 0 Å². The molecular weight excluding hydrogens is 322 g/mol. The first-order chi connectivity index (χ1) is 5.93. The van der Waals surface area contributed by atoms with Crippen LogP contribution in [0.1, 0.15) is 12.8 Å². The van der Waals surface area contributed by atoms with Crippen molar-refractivity contribution in [1.29, 1.82) is 0 Å². The van der Waals surface area contributed by atoms with Crippen LogP contribution in [0, 0.1) is 11.3 Å². The van der Waals surface area contributed by atoms with E-state index in [1.807, 2.05) is 0 Å². The number of halogens is 4. The minimum atomic E-state index is -2.11. The average molecular weight is 334 g/mol. The molecule has 0 amide bonds. The van der Waals surface area contributed by atoms with Gasteiger partial charge in [-0.1, -0.05) is 0 Å². The Kier molecular flexibility index (Phi) is 12.9. The Morgan fingerprint density at radius 2 is 1.24 bits per heavy atom. The van der Waals surface area contributed by atoms with Crippen molar-refractivity contribution in [2.45, 2.75) is 12.8 Å². The molecule has 0 aromatic carbocycles. The van der Waals surface area contributed by atoms with Gasteiger partial charge in [-0.3, -0.25) is 14.4 Å². The summed E-state index contributed by atoms with van der Waals surface area (Å²) in [5.74, 6) is -5.81. The molecule has 1 saturated carbocycles. The van der Waals surface area contributed by atoms with Crippen molar-refractivity contribution in [2.24, 2.45) is 11.3 Å². The first-order valence-corrected chi connectivity index (χ1v) is 3.62. The van der Waals surface area contributed by atoms with Crippen LogP contribution in [-0.2, 0) is 14.4 Å². The van der Waals surface area contributed by atoms with Crippen molar-refractivity contribution in [2.75, 3.05) is 0 Å². The second-order valence-electron chi connectivity index (χ2n) is 3.01. The zero-order chi connectivity index (χ0) is 10.2. The van der Waals surface area contributed by atoms with Crippen LogP contribution < -0.4 is 0 Å². The summed E-state index contributed by atoms with van der Waals surface area (Å²) in [5, 5.41) is 25.8. The highest BCUT2D eigenvalue weighted by molar-refractivity contribution is 6.03. The van der Waals surface area contributed by atoms with Crippen molar-refractivity contribution in [1.82, 2.24) is 0 Å². The van der Waals surface area contributed by atoms with Crippen LogP contribution in [0.15, 0.2) is 0 Å². The molecule has 1 aliphatic carbocycles. The summed E-state index contributed by atoms with van der Waals surface area (Å²) in [5.41, 5.74) is -2.11. The molecule has 0 saturated heterocycles. The van der Waals surface area contributed by atoms with Crippen LogP contribution in [-0.4, -0.2) is 33.2 Å². The summed E-state index contributed by atoms with van der Waals surface area (Å²) in [4.78, 5) is 31.7. The van der Waals surface area contributed by atoms with Gasteiger partial charge in [-0.2, -0.15) is 0 Å². The van der Waals surface area contributed by atoms with Gasteiger partial charge in [-0.05, 0) is 12.8 Å². The molecule has 0 bridgehead atoms. The molecule has 1 rings (SSSR count). The third-order valence-electron chi connectivity index (χ3n) is 2.48. The maximum Gasteiger partial charge on any atom is 0.321 e. The Bertz CT molecular complexity index is 280. The lowest BCUT2D eigenvalue weighted by molar-refractivity contribution is -0.186. The fraction of sp³-hybridized carbons (Fsp3) is 0.571. The molecule has 0 aromatic heterocycles. The smallest absolute Gasteiger partial charge is 0.321 e. The molecular formula is C7H12Cl4O6. The Labute approximate surface area is 121 Å². The third kappa shape index (κ3) is 3.77. The van der Waals surface area contributed by atoms with Crippen molar-refractivity contribution in [3.05, 3.63) is 0 Å². The molecule has 0 spiro atoms. The molecule has 6 nitrogen and oxygen atoms in total. The average Bonchev–Trinajstić information content (AvgIpc) is 1.80. The second kappa shape index (κ2) is 8.63. The van der Waals surface area contributed by atoms with Gasteiger partial charge < -0.3 is 15.3 Å². The predicted octanol–water partition coefficient (Wildman–Crippen LogP) is 1.32. The van der Waals surface area contributed by atoms with Crippen molar-refractivity contribution >= 4 is 67.5 Å². The fourth-order valence-corrected chi connectivity index (χ4v) is 1.52. The van der Waals surface area contributed by atoms with Gasteiger partial charge in [0, 0.05) is 0 Å². The van der Waals surface area contributed by atoms with E-state index in [2.05, 4.69) is 0 Å². The summed E-state index contributed by atoms with van der Waals surface area (Å²) in [7, 11) is 0. The van der Waals surface area contributed by atoms with Crippen LogP contribution >= 0.6 is 49.6 Å². The lowest BCUT2D eigenvalue weighted by Crippen LogP contribution is -2.55. The van der Waals surface area contributed by atoms with E-state index < -0.39 is 29.2 Å². The normalized spacial score (nSPS) is 18.7. The number of hydrogen-bond acceptors (Lipinski definition) is 3. The quantitative estimate of drug-likeness (QED) is 0.671. The molecule has 104 valence electrons. The van der Waals surface area contributed by atoms with Crippen molar-refractivity contribution in [3.63, 3.8) is 0 Å². The standard InChI is InChI=1S/C7H8O6.4ClH/c8-4(9)3-1-2-7(3,5(10)11)6(12)13;;;;/h3H,1-2H2,(H,8,9)(H,10,11)(H,12,13);4*1H. The van der Waals surface area contributed by atoms with E-state index in [-0.39, 0.29) is 62.5 Å². The van der Waals surface area contributed by atoms with Gasteiger partial charge in [0.15, 0.2) is 5.41 Å². The molecule has 0 radical (unpaired) electrons. The van der Waals surface area contributed by atoms with E-state index in [1.54, 1.807) is 0 Å². The number of aliphatic carboxylic acids is 3. The van der Waals surface area contributed by atoms with Crippen LogP contribution in [0.5, 0.6) is 0 Å². The minimum absolute atomic E-state index is 0. The molecule has 0 aliphatic heterocycles. The Morgan fingerprint density at radius 3 is 1.29 bits per heavy atom. The Morgan fingerprint density at radius 1 is 0.882 bits per heavy atom. The maximum absolute atomic E-state index is 10.6. The summed E-state index contributed by atoms with van der Waals surface area (Å²) >= 11 is 0. The van der Waals surface area contributed by atoms with E-state index in [0.29, 0.717) is 0 Å². The van der Waals surface area contributed by atoms with Gasteiger partial charge in [0.2, 0.25) is 0 Å². The van der Waals surface area contributed by atoms with Gasteiger partial charge in [-0.25, -0.2) is 0 Å². The number of hydrogen-bond donors (Lipinski definition) is 3. The molecule has 1 fully saturated rings. The minimum Gasteiger partial charge on any atom is -0.481 e. The highest BCUT2D eigenvalue weighted by Gasteiger charge is 2.62. The predicted molar refractivity (Wildman–Crippen MR) is 67.1 cm³/mol. The second-order valence-corrected chi connectivity index (χ2v) is 3.01. The lowest BCUT2D eigenvalue weighted by Gasteiger charge is -2.39. The summed E-state index contributed by atoms with van der Waals surface area (Å²) in [6.07, 6.45) is -0.0113. The van der Waals surface area contributed by atoms with Gasteiger partial charge in [-0.15, -0.1) is 49.6 Å². The Hall–Kier alpha value is -0.430. The van der Waals surface area contributed by atoms with Crippen LogP contribution in [0.3, 0.4) is 0 Å². The van der Waals surface area contributed by atoms with Crippen LogP contribution in [0.25, 0.3) is 0 Å². The highest BCUT2D eigenvalue weighted by Crippen LogP contribution is 2.47. The first kappa shape index (κ1) is 25.4. The van der Waals surface area contributed by atoms with E-state index in [4.69, 9.17) is 15.3 Å². The molecule has 3 N–H and O–H groups in total. The van der Waals surface area contributed by atoms with Gasteiger partial charge in [0.05, 0.1) is 5.92 Å². The van der Waals surface area contributed by atoms with E-state index in [1.165, 1.54) is 0 Å². The molecule has 1 atom stereocenters. The monoisotopic (exact) mass is 332 g/mol. The number of carbonyl (C=O) groups is 3. The van der Waals surface area contributed by atoms with Gasteiger partial charge in [0.1, 0.15) is 0 Å². The molecule has 0 heterocycles. The van der Waals surface area contributed by atoms with E-state index >= 15 is 0 Å². The van der Waals surface area contributed by atoms with E-state index in [9.17, 15) is 14.4 Å². The third-order valence-corrected chi connectivity index (χ3v) is 2.48. The first-order valence-electron chi connectivity index (χ1n) is 3.62. The summed E-state index contributed by atoms with van der Waals surface area (Å²) < 4.78 is 0. The summed E-state index contributed by atoms with van der Waals surface area (Å²) in [6, 6.07) is 0.